The predicted octanol–water partition coefficient (Wildman–Crippen LogP) is 1.45. The summed E-state index contributed by atoms with van der Waals surface area (Å²) in [5.74, 6) is 0. The van der Waals surface area contributed by atoms with Gasteiger partial charge in [0.1, 0.15) is 0 Å². The number of hydrogen-bond acceptors (Lipinski definition) is 2. The predicted molar refractivity (Wildman–Crippen MR) is 50.6 cm³/mol. The van der Waals surface area contributed by atoms with Crippen molar-refractivity contribution in [2.24, 2.45) is 5.73 Å². The van der Waals surface area contributed by atoms with Crippen LogP contribution in [-0.4, -0.2) is 30.6 Å². The van der Waals surface area contributed by atoms with Crippen LogP contribution in [0.2, 0.25) is 0 Å². The Morgan fingerprint density at radius 3 is 1.91 bits per heavy atom. The second-order valence-electron chi connectivity index (χ2n) is 4.09. The maximum Gasteiger partial charge on any atom is 0.0264 e. The van der Waals surface area contributed by atoms with Crippen LogP contribution in [-0.2, 0) is 0 Å². The summed E-state index contributed by atoms with van der Waals surface area (Å²) in [5.41, 5.74) is 5.94. The van der Waals surface area contributed by atoms with Crippen LogP contribution in [0, 0.1) is 0 Å². The first-order valence-electron chi connectivity index (χ1n) is 4.35. The molecule has 2 N–H and O–H groups in total. The standard InChI is InChI=1S/C9H22N2/c1-6-7-8(11(4)5)9(2,3)10/h8H,6-7,10H2,1-5H3. The lowest BCUT2D eigenvalue weighted by atomic mass is 9.91. The van der Waals surface area contributed by atoms with Crippen molar-refractivity contribution in [2.45, 2.75) is 45.2 Å². The minimum absolute atomic E-state index is 0.0838. The molecular formula is C9H22N2. The van der Waals surface area contributed by atoms with Gasteiger partial charge in [-0.2, -0.15) is 0 Å². The van der Waals surface area contributed by atoms with E-state index >= 15 is 0 Å². The summed E-state index contributed by atoms with van der Waals surface area (Å²) in [5, 5.41) is 0. The van der Waals surface area contributed by atoms with Crippen molar-refractivity contribution in [2.75, 3.05) is 14.1 Å². The largest absolute Gasteiger partial charge is 0.324 e. The molecule has 2 heteroatoms. The summed E-state index contributed by atoms with van der Waals surface area (Å²) in [6, 6.07) is 0.493. The zero-order valence-corrected chi connectivity index (χ0v) is 8.52. The van der Waals surface area contributed by atoms with Gasteiger partial charge in [-0.05, 0) is 34.4 Å². The quantitative estimate of drug-likeness (QED) is 0.671. The molecule has 0 rings (SSSR count). The SMILES string of the molecule is CCCC(N(C)C)C(C)(C)N. The van der Waals surface area contributed by atoms with Crippen molar-refractivity contribution in [1.29, 1.82) is 0 Å². The molecule has 2 nitrogen and oxygen atoms in total. The van der Waals surface area contributed by atoms with E-state index in [9.17, 15) is 0 Å². The van der Waals surface area contributed by atoms with Crippen LogP contribution in [0.15, 0.2) is 0 Å². The van der Waals surface area contributed by atoms with E-state index in [4.69, 9.17) is 5.73 Å². The van der Waals surface area contributed by atoms with Crippen molar-refractivity contribution < 1.29 is 0 Å². The van der Waals surface area contributed by atoms with Crippen molar-refractivity contribution in [1.82, 2.24) is 4.90 Å². The second kappa shape index (κ2) is 4.07. The Balaban J connectivity index is 4.10. The number of likely N-dealkylation sites (N-methyl/N-ethyl adjacent to an activating group) is 1. The van der Waals surface area contributed by atoms with Crippen LogP contribution in [0.1, 0.15) is 33.6 Å². The van der Waals surface area contributed by atoms with Crippen molar-refractivity contribution >= 4 is 0 Å². The molecule has 0 aromatic carbocycles. The Morgan fingerprint density at radius 1 is 1.36 bits per heavy atom. The third-order valence-electron chi connectivity index (χ3n) is 2.04. The van der Waals surface area contributed by atoms with Crippen molar-refractivity contribution in [3.8, 4) is 0 Å². The summed E-state index contributed by atoms with van der Waals surface area (Å²) in [6.45, 7) is 6.38. The third kappa shape index (κ3) is 3.73. The molecule has 0 aliphatic rings. The fourth-order valence-corrected chi connectivity index (χ4v) is 1.57. The molecule has 1 unspecified atom stereocenters. The van der Waals surface area contributed by atoms with Gasteiger partial charge in [0.2, 0.25) is 0 Å². The molecule has 0 aromatic heterocycles. The molecule has 0 amide bonds. The Kier molecular flexibility index (Phi) is 4.04. The van der Waals surface area contributed by atoms with Gasteiger partial charge in [0.05, 0.1) is 0 Å². The topological polar surface area (TPSA) is 29.3 Å². The Morgan fingerprint density at radius 2 is 1.82 bits per heavy atom. The molecule has 0 aliphatic heterocycles. The van der Waals surface area contributed by atoms with E-state index in [2.05, 4.69) is 39.8 Å². The van der Waals surface area contributed by atoms with Gasteiger partial charge in [-0.1, -0.05) is 13.3 Å². The number of hydrogen-bond donors (Lipinski definition) is 1. The van der Waals surface area contributed by atoms with E-state index in [-0.39, 0.29) is 5.54 Å². The average molecular weight is 158 g/mol. The van der Waals surface area contributed by atoms with E-state index in [0.717, 1.165) is 0 Å². The summed E-state index contributed by atoms with van der Waals surface area (Å²) >= 11 is 0. The molecule has 0 spiro atoms. The van der Waals surface area contributed by atoms with Gasteiger partial charge in [0.15, 0.2) is 0 Å². The highest BCUT2D eigenvalue weighted by Crippen LogP contribution is 2.15. The Bertz CT molecular complexity index is 103. The minimum Gasteiger partial charge on any atom is -0.324 e. The molecule has 1 atom stereocenters. The van der Waals surface area contributed by atoms with Crippen LogP contribution in [0.5, 0.6) is 0 Å². The fraction of sp³-hybridized carbons (Fsp3) is 1.00. The molecular weight excluding hydrogens is 136 g/mol. The Hall–Kier alpha value is -0.0800. The van der Waals surface area contributed by atoms with Crippen LogP contribution in [0.3, 0.4) is 0 Å². The lowest BCUT2D eigenvalue weighted by Gasteiger charge is -2.35. The smallest absolute Gasteiger partial charge is 0.0264 e. The molecule has 0 saturated heterocycles. The van der Waals surface area contributed by atoms with E-state index in [1.165, 1.54) is 12.8 Å². The van der Waals surface area contributed by atoms with Crippen LogP contribution >= 0.6 is 0 Å². The van der Waals surface area contributed by atoms with E-state index in [1.54, 1.807) is 0 Å². The molecule has 0 aromatic rings. The second-order valence-corrected chi connectivity index (χ2v) is 4.09. The number of nitrogens with two attached hydrogens (primary N) is 1. The summed E-state index contributed by atoms with van der Waals surface area (Å²) in [7, 11) is 4.18. The fourth-order valence-electron chi connectivity index (χ4n) is 1.57. The van der Waals surface area contributed by atoms with E-state index in [0.29, 0.717) is 6.04 Å². The summed E-state index contributed by atoms with van der Waals surface area (Å²) in [6.07, 6.45) is 2.37. The molecule has 0 bridgehead atoms. The van der Waals surface area contributed by atoms with Crippen LogP contribution in [0.4, 0.5) is 0 Å². The van der Waals surface area contributed by atoms with Gasteiger partial charge in [-0.15, -0.1) is 0 Å². The molecule has 0 aliphatic carbocycles. The lowest BCUT2D eigenvalue weighted by Crippen LogP contribution is -2.52. The molecule has 0 radical (unpaired) electrons. The highest BCUT2D eigenvalue weighted by atomic mass is 15.1. The maximum absolute atomic E-state index is 6.03. The number of nitrogens with zero attached hydrogens (tertiary/aromatic N) is 1. The summed E-state index contributed by atoms with van der Waals surface area (Å²) < 4.78 is 0. The summed E-state index contributed by atoms with van der Waals surface area (Å²) in [4.78, 5) is 2.21. The van der Waals surface area contributed by atoms with Crippen LogP contribution < -0.4 is 5.73 Å². The van der Waals surface area contributed by atoms with Gasteiger partial charge >= 0.3 is 0 Å². The highest BCUT2D eigenvalue weighted by Gasteiger charge is 2.25. The van der Waals surface area contributed by atoms with Gasteiger partial charge in [-0.25, -0.2) is 0 Å². The van der Waals surface area contributed by atoms with Crippen LogP contribution in [0.25, 0.3) is 0 Å². The van der Waals surface area contributed by atoms with E-state index in [1.807, 2.05) is 0 Å². The van der Waals surface area contributed by atoms with Gasteiger partial charge < -0.3 is 10.6 Å². The number of rotatable bonds is 4. The van der Waals surface area contributed by atoms with Gasteiger partial charge in [0, 0.05) is 11.6 Å². The van der Waals surface area contributed by atoms with E-state index < -0.39 is 0 Å². The van der Waals surface area contributed by atoms with Gasteiger partial charge in [0.25, 0.3) is 0 Å². The normalized spacial score (nSPS) is 15.5. The first kappa shape index (κ1) is 10.9. The molecule has 11 heavy (non-hydrogen) atoms. The molecule has 68 valence electrons. The molecule has 0 saturated carbocycles. The van der Waals surface area contributed by atoms with Crippen molar-refractivity contribution in [3.05, 3.63) is 0 Å². The minimum atomic E-state index is -0.0838. The maximum atomic E-state index is 6.03. The highest BCUT2D eigenvalue weighted by molar-refractivity contribution is 4.87. The first-order valence-corrected chi connectivity index (χ1v) is 4.35. The molecule has 0 heterocycles. The first-order chi connectivity index (χ1) is 4.89. The monoisotopic (exact) mass is 158 g/mol. The average Bonchev–Trinajstić information content (AvgIpc) is 1.79. The zero-order chi connectivity index (χ0) is 9.07. The zero-order valence-electron chi connectivity index (χ0n) is 8.52. The molecule has 0 fully saturated rings. The Labute approximate surface area is 70.8 Å². The third-order valence-corrected chi connectivity index (χ3v) is 2.04. The van der Waals surface area contributed by atoms with Crippen molar-refractivity contribution in [3.63, 3.8) is 0 Å². The van der Waals surface area contributed by atoms with Gasteiger partial charge in [-0.3, -0.25) is 0 Å². The lowest BCUT2D eigenvalue weighted by molar-refractivity contribution is 0.189.